The summed E-state index contributed by atoms with van der Waals surface area (Å²) in [5.74, 6) is 1.32. The molecule has 1 aromatic heterocycles. The smallest absolute Gasteiger partial charge is 0.148 e. The fraction of sp³-hybridized carbons (Fsp3) is 0.500. The molecule has 2 heterocycles. The fourth-order valence-corrected chi connectivity index (χ4v) is 2.39. The molecule has 0 atom stereocenters. The molecule has 1 aromatic rings. The molecule has 1 fully saturated rings. The van der Waals surface area contributed by atoms with Crippen LogP contribution in [0.25, 0.3) is 0 Å². The highest BCUT2D eigenvalue weighted by Gasteiger charge is 2.21. The Morgan fingerprint density at radius 3 is 2.82 bits per heavy atom. The van der Waals surface area contributed by atoms with Crippen LogP contribution in [0.15, 0.2) is 12.3 Å². The van der Waals surface area contributed by atoms with Gasteiger partial charge in [-0.15, -0.1) is 0 Å². The van der Waals surface area contributed by atoms with E-state index < -0.39 is 0 Å². The molecule has 0 radical (unpaired) electrons. The van der Waals surface area contributed by atoms with Crippen LogP contribution in [0.5, 0.6) is 0 Å². The summed E-state index contributed by atoms with van der Waals surface area (Å²) in [7, 11) is 0. The van der Waals surface area contributed by atoms with Gasteiger partial charge in [0.2, 0.25) is 0 Å². The van der Waals surface area contributed by atoms with Gasteiger partial charge in [0.05, 0.1) is 5.56 Å². The van der Waals surface area contributed by atoms with Gasteiger partial charge in [0, 0.05) is 19.3 Å². The molecule has 1 saturated heterocycles. The SMILES string of the molecule is N#Cc1ccnc(N2CCC(CN)CC2)c1Cl. The maximum absolute atomic E-state index is 8.92. The van der Waals surface area contributed by atoms with Crippen molar-refractivity contribution in [3.05, 3.63) is 22.8 Å². The van der Waals surface area contributed by atoms with E-state index in [1.54, 1.807) is 12.3 Å². The van der Waals surface area contributed by atoms with E-state index in [1.165, 1.54) is 0 Å². The Kier molecular flexibility index (Phi) is 3.82. The molecule has 90 valence electrons. The van der Waals surface area contributed by atoms with Crippen LogP contribution in [-0.2, 0) is 0 Å². The lowest BCUT2D eigenvalue weighted by Crippen LogP contribution is -2.36. The number of piperidine rings is 1. The first-order chi connectivity index (χ1) is 8.26. The molecule has 5 heteroatoms. The van der Waals surface area contributed by atoms with Crippen molar-refractivity contribution in [2.75, 3.05) is 24.5 Å². The predicted octanol–water partition coefficient (Wildman–Crippen LogP) is 1.78. The lowest BCUT2D eigenvalue weighted by molar-refractivity contribution is 0.413. The number of hydrogen-bond donors (Lipinski definition) is 1. The number of halogens is 1. The Labute approximate surface area is 106 Å². The first-order valence-corrected chi connectivity index (χ1v) is 6.13. The van der Waals surface area contributed by atoms with Gasteiger partial charge < -0.3 is 10.6 Å². The van der Waals surface area contributed by atoms with Gasteiger partial charge in [-0.25, -0.2) is 4.98 Å². The molecular weight excluding hydrogens is 236 g/mol. The van der Waals surface area contributed by atoms with Gasteiger partial charge in [0.25, 0.3) is 0 Å². The highest BCUT2D eigenvalue weighted by atomic mass is 35.5. The van der Waals surface area contributed by atoms with Crippen LogP contribution in [0, 0.1) is 17.2 Å². The van der Waals surface area contributed by atoms with Gasteiger partial charge in [-0.2, -0.15) is 5.26 Å². The number of nitriles is 1. The summed E-state index contributed by atoms with van der Waals surface area (Å²) >= 11 is 6.16. The Morgan fingerprint density at radius 2 is 2.24 bits per heavy atom. The second-order valence-electron chi connectivity index (χ2n) is 4.27. The highest BCUT2D eigenvalue weighted by molar-refractivity contribution is 6.34. The number of nitrogens with two attached hydrogens (primary N) is 1. The number of nitrogens with zero attached hydrogens (tertiary/aromatic N) is 3. The summed E-state index contributed by atoms with van der Waals surface area (Å²) in [5, 5.41) is 9.38. The van der Waals surface area contributed by atoms with Crippen LogP contribution in [-0.4, -0.2) is 24.6 Å². The minimum absolute atomic E-state index is 0.459. The lowest BCUT2D eigenvalue weighted by Gasteiger charge is -2.32. The van der Waals surface area contributed by atoms with E-state index in [1.807, 2.05) is 0 Å². The van der Waals surface area contributed by atoms with E-state index in [4.69, 9.17) is 22.6 Å². The average molecular weight is 251 g/mol. The van der Waals surface area contributed by atoms with Gasteiger partial charge in [0.15, 0.2) is 0 Å². The van der Waals surface area contributed by atoms with Gasteiger partial charge in [-0.3, -0.25) is 0 Å². The van der Waals surface area contributed by atoms with Crippen molar-refractivity contribution in [2.24, 2.45) is 11.7 Å². The van der Waals surface area contributed by atoms with Crippen molar-refractivity contribution in [2.45, 2.75) is 12.8 Å². The number of anilines is 1. The summed E-state index contributed by atoms with van der Waals surface area (Å²) < 4.78 is 0. The van der Waals surface area contributed by atoms with Crippen LogP contribution >= 0.6 is 11.6 Å². The van der Waals surface area contributed by atoms with Crippen LogP contribution in [0.2, 0.25) is 5.02 Å². The van der Waals surface area contributed by atoms with Crippen molar-refractivity contribution < 1.29 is 0 Å². The van der Waals surface area contributed by atoms with Crippen LogP contribution in [0.3, 0.4) is 0 Å². The van der Waals surface area contributed by atoms with Crippen molar-refractivity contribution in [1.29, 1.82) is 5.26 Å². The molecule has 0 amide bonds. The molecule has 4 nitrogen and oxygen atoms in total. The van der Waals surface area contributed by atoms with Crippen molar-refractivity contribution >= 4 is 17.4 Å². The normalized spacial score (nSPS) is 16.9. The van der Waals surface area contributed by atoms with Gasteiger partial charge >= 0.3 is 0 Å². The molecule has 0 spiro atoms. The zero-order chi connectivity index (χ0) is 12.3. The molecule has 0 aliphatic carbocycles. The first-order valence-electron chi connectivity index (χ1n) is 5.76. The van der Waals surface area contributed by atoms with Crippen molar-refractivity contribution in [3.8, 4) is 6.07 Å². The number of aromatic nitrogens is 1. The largest absolute Gasteiger partial charge is 0.355 e. The Balaban J connectivity index is 2.16. The van der Waals surface area contributed by atoms with Gasteiger partial charge in [0.1, 0.15) is 16.9 Å². The second kappa shape index (κ2) is 5.35. The number of rotatable bonds is 2. The minimum atomic E-state index is 0.459. The summed E-state index contributed by atoms with van der Waals surface area (Å²) in [6.07, 6.45) is 3.76. The maximum Gasteiger partial charge on any atom is 0.148 e. The van der Waals surface area contributed by atoms with E-state index >= 15 is 0 Å². The summed E-state index contributed by atoms with van der Waals surface area (Å²) in [5.41, 5.74) is 6.14. The predicted molar refractivity (Wildman–Crippen MR) is 68.0 cm³/mol. The fourth-order valence-electron chi connectivity index (χ4n) is 2.12. The maximum atomic E-state index is 8.92. The quantitative estimate of drug-likeness (QED) is 0.869. The van der Waals surface area contributed by atoms with E-state index in [9.17, 15) is 0 Å². The Morgan fingerprint density at radius 1 is 1.53 bits per heavy atom. The number of hydrogen-bond acceptors (Lipinski definition) is 4. The monoisotopic (exact) mass is 250 g/mol. The third kappa shape index (κ3) is 2.51. The van der Waals surface area contributed by atoms with Crippen LogP contribution in [0.4, 0.5) is 5.82 Å². The molecular formula is C12H15ClN4. The molecule has 1 aliphatic heterocycles. The highest BCUT2D eigenvalue weighted by Crippen LogP contribution is 2.29. The van der Waals surface area contributed by atoms with Crippen LogP contribution < -0.4 is 10.6 Å². The van der Waals surface area contributed by atoms with E-state index in [0.29, 0.717) is 16.5 Å². The topological polar surface area (TPSA) is 65.9 Å². The summed E-state index contributed by atoms with van der Waals surface area (Å²) in [4.78, 5) is 6.41. The van der Waals surface area contributed by atoms with E-state index in [-0.39, 0.29) is 0 Å². The Hall–Kier alpha value is -1.31. The molecule has 0 saturated carbocycles. The minimum Gasteiger partial charge on any atom is -0.355 e. The van der Waals surface area contributed by atoms with Gasteiger partial charge in [-0.05, 0) is 31.4 Å². The average Bonchev–Trinajstić information content (AvgIpc) is 2.39. The summed E-state index contributed by atoms with van der Waals surface area (Å²) in [6, 6.07) is 3.71. The van der Waals surface area contributed by atoms with Crippen LogP contribution in [0.1, 0.15) is 18.4 Å². The lowest BCUT2D eigenvalue weighted by atomic mass is 9.97. The molecule has 0 bridgehead atoms. The third-order valence-electron chi connectivity index (χ3n) is 3.24. The van der Waals surface area contributed by atoms with Crippen molar-refractivity contribution in [1.82, 2.24) is 4.98 Å². The molecule has 17 heavy (non-hydrogen) atoms. The summed E-state index contributed by atoms with van der Waals surface area (Å²) in [6.45, 7) is 2.56. The van der Waals surface area contributed by atoms with E-state index in [0.717, 1.165) is 38.3 Å². The van der Waals surface area contributed by atoms with E-state index in [2.05, 4.69) is 16.0 Å². The zero-order valence-electron chi connectivity index (χ0n) is 9.56. The molecule has 1 aliphatic rings. The molecule has 2 rings (SSSR count). The first kappa shape index (κ1) is 12.2. The second-order valence-corrected chi connectivity index (χ2v) is 4.65. The van der Waals surface area contributed by atoms with Gasteiger partial charge in [-0.1, -0.05) is 11.6 Å². The van der Waals surface area contributed by atoms with Crippen molar-refractivity contribution in [3.63, 3.8) is 0 Å². The standard InChI is InChI=1S/C12H15ClN4/c13-11-10(8-15)1-4-16-12(11)17-5-2-9(7-14)3-6-17/h1,4,9H,2-3,5-7,14H2. The molecule has 0 unspecified atom stereocenters. The Bertz CT molecular complexity index is 433. The molecule has 0 aromatic carbocycles. The number of pyridine rings is 1. The molecule has 2 N–H and O–H groups in total. The zero-order valence-corrected chi connectivity index (χ0v) is 10.3. The third-order valence-corrected chi connectivity index (χ3v) is 3.61.